The minimum atomic E-state index is 0.647. The van der Waals surface area contributed by atoms with Crippen molar-refractivity contribution >= 4 is 21.6 Å². The Hall–Kier alpha value is -0.740. The molecule has 1 saturated heterocycles. The first kappa shape index (κ1) is 13.7. The highest BCUT2D eigenvalue weighted by Gasteiger charge is 2.18. The Labute approximate surface area is 118 Å². The van der Waals surface area contributed by atoms with E-state index in [1.807, 2.05) is 12.1 Å². The first-order valence-corrected chi connectivity index (χ1v) is 7.27. The Balaban J connectivity index is 1.93. The van der Waals surface area contributed by atoms with Crippen LogP contribution in [-0.4, -0.2) is 38.2 Å². The van der Waals surface area contributed by atoms with Gasteiger partial charge in [-0.05, 0) is 54.5 Å². The SMILES string of the molecule is COc1cc(NCC2CCCCN2C)ccc1Br. The van der Waals surface area contributed by atoms with Crippen molar-refractivity contribution in [3.8, 4) is 5.75 Å². The van der Waals surface area contributed by atoms with Gasteiger partial charge in [-0.1, -0.05) is 6.42 Å². The molecule has 0 saturated carbocycles. The molecule has 1 aromatic rings. The number of halogens is 1. The Morgan fingerprint density at radius 2 is 2.28 bits per heavy atom. The fourth-order valence-corrected chi connectivity index (χ4v) is 2.82. The highest BCUT2D eigenvalue weighted by Crippen LogP contribution is 2.28. The molecular formula is C14H21BrN2O. The normalized spacial score (nSPS) is 20.7. The van der Waals surface area contributed by atoms with Crippen molar-refractivity contribution < 1.29 is 4.74 Å². The molecule has 2 rings (SSSR count). The van der Waals surface area contributed by atoms with Crippen molar-refractivity contribution in [2.24, 2.45) is 0 Å². The van der Waals surface area contributed by atoms with Crippen molar-refractivity contribution in [1.29, 1.82) is 0 Å². The molecule has 1 heterocycles. The molecule has 0 aromatic heterocycles. The predicted octanol–water partition coefficient (Wildman–Crippen LogP) is 3.35. The summed E-state index contributed by atoms with van der Waals surface area (Å²) in [4.78, 5) is 2.45. The first-order chi connectivity index (χ1) is 8.70. The molecule has 3 nitrogen and oxygen atoms in total. The summed E-state index contributed by atoms with van der Waals surface area (Å²) in [6, 6.07) is 6.78. The number of rotatable bonds is 4. The zero-order chi connectivity index (χ0) is 13.0. The van der Waals surface area contributed by atoms with Gasteiger partial charge >= 0.3 is 0 Å². The van der Waals surface area contributed by atoms with Gasteiger partial charge in [0.1, 0.15) is 5.75 Å². The Morgan fingerprint density at radius 3 is 3.00 bits per heavy atom. The lowest BCUT2D eigenvalue weighted by Gasteiger charge is -2.32. The van der Waals surface area contributed by atoms with Crippen LogP contribution < -0.4 is 10.1 Å². The van der Waals surface area contributed by atoms with Crippen molar-refractivity contribution in [2.45, 2.75) is 25.3 Å². The number of ether oxygens (including phenoxy) is 1. The number of hydrogen-bond donors (Lipinski definition) is 1. The minimum Gasteiger partial charge on any atom is -0.495 e. The van der Waals surface area contributed by atoms with Crippen LogP contribution in [-0.2, 0) is 0 Å². The molecular weight excluding hydrogens is 292 g/mol. The fourth-order valence-electron chi connectivity index (χ4n) is 2.41. The summed E-state index contributed by atoms with van der Waals surface area (Å²) in [5.74, 6) is 0.872. The maximum absolute atomic E-state index is 5.30. The number of nitrogens with one attached hydrogen (secondary N) is 1. The number of methoxy groups -OCH3 is 1. The van der Waals surface area contributed by atoms with E-state index >= 15 is 0 Å². The summed E-state index contributed by atoms with van der Waals surface area (Å²) in [6.07, 6.45) is 3.97. The fraction of sp³-hybridized carbons (Fsp3) is 0.571. The molecule has 1 N–H and O–H groups in total. The van der Waals surface area contributed by atoms with Gasteiger partial charge in [-0.15, -0.1) is 0 Å². The van der Waals surface area contributed by atoms with Gasteiger partial charge in [0.25, 0.3) is 0 Å². The van der Waals surface area contributed by atoms with Crippen LogP contribution in [0.15, 0.2) is 22.7 Å². The minimum absolute atomic E-state index is 0.647. The van der Waals surface area contributed by atoms with E-state index in [0.29, 0.717) is 6.04 Å². The molecule has 0 radical (unpaired) electrons. The molecule has 1 fully saturated rings. The van der Waals surface area contributed by atoms with Crippen molar-refractivity contribution in [1.82, 2.24) is 4.90 Å². The van der Waals surface area contributed by atoms with E-state index in [-0.39, 0.29) is 0 Å². The third-order valence-electron chi connectivity index (χ3n) is 3.61. The van der Waals surface area contributed by atoms with E-state index in [0.717, 1.165) is 22.5 Å². The summed E-state index contributed by atoms with van der Waals surface area (Å²) in [7, 11) is 3.91. The number of anilines is 1. The van der Waals surface area contributed by atoms with Gasteiger partial charge in [-0.2, -0.15) is 0 Å². The monoisotopic (exact) mass is 312 g/mol. The molecule has 1 unspecified atom stereocenters. The van der Waals surface area contributed by atoms with Crippen LogP contribution in [0.25, 0.3) is 0 Å². The molecule has 18 heavy (non-hydrogen) atoms. The van der Waals surface area contributed by atoms with Gasteiger partial charge in [0.15, 0.2) is 0 Å². The third kappa shape index (κ3) is 3.39. The molecule has 1 aliphatic rings. The zero-order valence-electron chi connectivity index (χ0n) is 11.1. The highest BCUT2D eigenvalue weighted by atomic mass is 79.9. The van der Waals surface area contributed by atoms with Crippen LogP contribution >= 0.6 is 15.9 Å². The van der Waals surface area contributed by atoms with Crippen LogP contribution in [0.3, 0.4) is 0 Å². The molecule has 0 bridgehead atoms. The summed E-state index contributed by atoms with van der Waals surface area (Å²) in [6.45, 7) is 2.22. The van der Waals surface area contributed by atoms with Crippen LogP contribution in [0.2, 0.25) is 0 Å². The molecule has 0 amide bonds. The molecule has 0 aliphatic carbocycles. The molecule has 0 spiro atoms. The smallest absolute Gasteiger partial charge is 0.135 e. The average Bonchev–Trinajstić information content (AvgIpc) is 2.39. The van der Waals surface area contributed by atoms with Crippen LogP contribution in [0.4, 0.5) is 5.69 Å². The lowest BCUT2D eigenvalue weighted by atomic mass is 10.0. The van der Waals surface area contributed by atoms with Crippen molar-refractivity contribution in [3.63, 3.8) is 0 Å². The summed E-state index contributed by atoms with van der Waals surface area (Å²) in [5.41, 5.74) is 1.12. The maximum atomic E-state index is 5.30. The highest BCUT2D eigenvalue weighted by molar-refractivity contribution is 9.10. The van der Waals surface area contributed by atoms with Crippen LogP contribution in [0, 0.1) is 0 Å². The molecule has 1 atom stereocenters. The van der Waals surface area contributed by atoms with Gasteiger partial charge in [0, 0.05) is 24.3 Å². The van der Waals surface area contributed by atoms with Gasteiger partial charge in [0.2, 0.25) is 0 Å². The molecule has 1 aliphatic heterocycles. The van der Waals surface area contributed by atoms with Crippen LogP contribution in [0.5, 0.6) is 5.75 Å². The van der Waals surface area contributed by atoms with E-state index in [1.54, 1.807) is 7.11 Å². The van der Waals surface area contributed by atoms with E-state index in [4.69, 9.17) is 4.74 Å². The summed E-state index contributed by atoms with van der Waals surface area (Å²) in [5, 5.41) is 3.50. The molecule has 4 heteroatoms. The second-order valence-corrected chi connectivity index (χ2v) is 5.71. The van der Waals surface area contributed by atoms with E-state index in [2.05, 4.69) is 39.3 Å². The number of hydrogen-bond acceptors (Lipinski definition) is 3. The summed E-state index contributed by atoms with van der Waals surface area (Å²) < 4.78 is 6.29. The molecule has 1 aromatic carbocycles. The van der Waals surface area contributed by atoms with Crippen LogP contribution in [0.1, 0.15) is 19.3 Å². The van der Waals surface area contributed by atoms with E-state index in [9.17, 15) is 0 Å². The predicted molar refractivity (Wildman–Crippen MR) is 79.5 cm³/mol. The average molecular weight is 313 g/mol. The topological polar surface area (TPSA) is 24.5 Å². The first-order valence-electron chi connectivity index (χ1n) is 6.48. The number of likely N-dealkylation sites (N-methyl/N-ethyl adjacent to an activating group) is 1. The largest absolute Gasteiger partial charge is 0.495 e. The summed E-state index contributed by atoms with van der Waals surface area (Å²) >= 11 is 3.47. The Bertz CT molecular complexity index is 397. The second kappa shape index (κ2) is 6.43. The van der Waals surface area contributed by atoms with E-state index in [1.165, 1.54) is 25.8 Å². The zero-order valence-corrected chi connectivity index (χ0v) is 12.7. The lowest BCUT2D eigenvalue weighted by molar-refractivity contribution is 0.194. The maximum Gasteiger partial charge on any atom is 0.135 e. The third-order valence-corrected chi connectivity index (χ3v) is 4.27. The quantitative estimate of drug-likeness (QED) is 0.922. The van der Waals surface area contributed by atoms with Crippen molar-refractivity contribution in [2.75, 3.05) is 32.6 Å². The Kier molecular flexibility index (Phi) is 4.89. The number of benzene rings is 1. The van der Waals surface area contributed by atoms with Gasteiger partial charge in [0.05, 0.1) is 11.6 Å². The van der Waals surface area contributed by atoms with Gasteiger partial charge in [-0.3, -0.25) is 0 Å². The van der Waals surface area contributed by atoms with Crippen molar-refractivity contribution in [3.05, 3.63) is 22.7 Å². The number of nitrogens with zero attached hydrogens (tertiary/aromatic N) is 1. The number of piperidine rings is 1. The van der Waals surface area contributed by atoms with Gasteiger partial charge < -0.3 is 15.0 Å². The second-order valence-electron chi connectivity index (χ2n) is 4.86. The van der Waals surface area contributed by atoms with E-state index < -0.39 is 0 Å². The lowest BCUT2D eigenvalue weighted by Crippen LogP contribution is -2.40. The number of likely N-dealkylation sites (tertiary alicyclic amines) is 1. The Morgan fingerprint density at radius 1 is 1.44 bits per heavy atom. The standard InChI is InChI=1S/C14H21BrN2O/c1-17-8-4-3-5-12(17)10-16-11-6-7-13(15)14(9-11)18-2/h6-7,9,12,16H,3-5,8,10H2,1-2H3. The van der Waals surface area contributed by atoms with Gasteiger partial charge in [-0.25, -0.2) is 0 Å². The molecule has 100 valence electrons.